The Morgan fingerprint density at radius 1 is 1.15 bits per heavy atom. The van der Waals surface area contributed by atoms with E-state index in [9.17, 15) is 4.79 Å². The number of urea groups is 1. The maximum atomic E-state index is 11.9. The molecule has 0 spiro atoms. The van der Waals surface area contributed by atoms with Crippen molar-refractivity contribution in [3.8, 4) is 0 Å². The second-order valence-corrected chi connectivity index (χ2v) is 4.52. The molecule has 2 amide bonds. The van der Waals surface area contributed by atoms with E-state index in [-0.39, 0.29) is 12.1 Å². The van der Waals surface area contributed by atoms with Gasteiger partial charge in [0, 0.05) is 6.20 Å². The Bertz CT molecular complexity index is 528. The molecule has 0 aliphatic heterocycles. The summed E-state index contributed by atoms with van der Waals surface area (Å²) in [6.07, 6.45) is 2.56. The average Bonchev–Trinajstić information content (AvgIpc) is 2.52. The Hall–Kier alpha value is -2.36. The lowest BCUT2D eigenvalue weighted by Gasteiger charge is -2.17. The van der Waals surface area contributed by atoms with Crippen molar-refractivity contribution in [2.24, 2.45) is 0 Å². The zero-order valence-corrected chi connectivity index (χ0v) is 11.5. The molecule has 0 aliphatic rings. The van der Waals surface area contributed by atoms with Gasteiger partial charge in [0.15, 0.2) is 0 Å². The van der Waals surface area contributed by atoms with Gasteiger partial charge < -0.3 is 10.6 Å². The van der Waals surface area contributed by atoms with E-state index in [1.807, 2.05) is 48.5 Å². The van der Waals surface area contributed by atoms with Crippen LogP contribution in [0.1, 0.15) is 30.6 Å². The number of hydrogen-bond acceptors (Lipinski definition) is 2. The number of nitrogens with zero attached hydrogens (tertiary/aromatic N) is 1. The summed E-state index contributed by atoms with van der Waals surface area (Å²) in [5.74, 6) is 0. The zero-order chi connectivity index (χ0) is 14.2. The lowest BCUT2D eigenvalue weighted by atomic mass is 10.1. The molecule has 1 aromatic carbocycles. The van der Waals surface area contributed by atoms with Crippen molar-refractivity contribution >= 4 is 6.03 Å². The molecular weight excluding hydrogens is 250 g/mol. The number of nitrogens with one attached hydrogen (secondary N) is 2. The van der Waals surface area contributed by atoms with Crippen LogP contribution in [0.5, 0.6) is 0 Å². The van der Waals surface area contributed by atoms with Gasteiger partial charge in [-0.05, 0) is 24.1 Å². The van der Waals surface area contributed by atoms with Crippen LogP contribution < -0.4 is 10.6 Å². The number of hydrogen-bond donors (Lipinski definition) is 2. The van der Waals surface area contributed by atoms with Gasteiger partial charge in [0.1, 0.15) is 0 Å². The SMILES string of the molecule is CCC(NC(=O)NCc1ccccn1)c1ccccc1. The van der Waals surface area contributed by atoms with Crippen molar-refractivity contribution in [2.75, 3.05) is 0 Å². The number of benzene rings is 1. The molecule has 104 valence electrons. The lowest BCUT2D eigenvalue weighted by Crippen LogP contribution is -2.37. The molecule has 0 radical (unpaired) electrons. The molecule has 2 N–H and O–H groups in total. The van der Waals surface area contributed by atoms with Crippen molar-refractivity contribution < 1.29 is 4.79 Å². The quantitative estimate of drug-likeness (QED) is 0.876. The van der Waals surface area contributed by atoms with Crippen LogP contribution in [0.25, 0.3) is 0 Å². The molecule has 0 saturated carbocycles. The van der Waals surface area contributed by atoms with Crippen molar-refractivity contribution in [1.29, 1.82) is 0 Å². The lowest BCUT2D eigenvalue weighted by molar-refractivity contribution is 0.236. The molecule has 0 saturated heterocycles. The second-order valence-electron chi connectivity index (χ2n) is 4.52. The van der Waals surface area contributed by atoms with Crippen molar-refractivity contribution in [1.82, 2.24) is 15.6 Å². The fraction of sp³-hybridized carbons (Fsp3) is 0.250. The molecular formula is C16H19N3O. The normalized spacial score (nSPS) is 11.7. The first-order valence-electron chi connectivity index (χ1n) is 6.79. The van der Waals surface area contributed by atoms with E-state index in [1.165, 1.54) is 0 Å². The highest BCUT2D eigenvalue weighted by atomic mass is 16.2. The standard InChI is InChI=1S/C16H19N3O/c1-2-15(13-8-4-3-5-9-13)19-16(20)18-12-14-10-6-7-11-17-14/h3-11,15H,2,12H2,1H3,(H2,18,19,20). The van der Waals surface area contributed by atoms with Crippen LogP contribution >= 0.6 is 0 Å². The molecule has 2 aromatic rings. The fourth-order valence-corrected chi connectivity index (χ4v) is 1.99. The fourth-order valence-electron chi connectivity index (χ4n) is 1.99. The molecule has 1 unspecified atom stereocenters. The van der Waals surface area contributed by atoms with Gasteiger partial charge in [-0.1, -0.05) is 43.3 Å². The molecule has 0 aliphatic carbocycles. The summed E-state index contributed by atoms with van der Waals surface area (Å²) in [5, 5.41) is 5.80. The predicted octanol–water partition coefficient (Wildman–Crippen LogP) is 3.03. The molecule has 2 rings (SSSR count). The number of carbonyl (C=O) groups excluding carboxylic acids is 1. The average molecular weight is 269 g/mol. The third-order valence-electron chi connectivity index (χ3n) is 3.07. The van der Waals surface area contributed by atoms with E-state index in [1.54, 1.807) is 6.20 Å². The van der Waals surface area contributed by atoms with Gasteiger partial charge in [0.25, 0.3) is 0 Å². The van der Waals surface area contributed by atoms with E-state index in [0.717, 1.165) is 17.7 Å². The van der Waals surface area contributed by atoms with Gasteiger partial charge in [-0.25, -0.2) is 4.79 Å². The van der Waals surface area contributed by atoms with Crippen LogP contribution in [0.15, 0.2) is 54.7 Å². The van der Waals surface area contributed by atoms with E-state index >= 15 is 0 Å². The molecule has 0 fully saturated rings. The van der Waals surface area contributed by atoms with Gasteiger partial charge in [0.2, 0.25) is 0 Å². The summed E-state index contributed by atoms with van der Waals surface area (Å²) >= 11 is 0. The maximum Gasteiger partial charge on any atom is 0.315 e. The Morgan fingerprint density at radius 2 is 1.90 bits per heavy atom. The third-order valence-corrected chi connectivity index (χ3v) is 3.07. The first-order chi connectivity index (χ1) is 9.79. The zero-order valence-electron chi connectivity index (χ0n) is 11.5. The van der Waals surface area contributed by atoms with E-state index in [2.05, 4.69) is 22.5 Å². The van der Waals surface area contributed by atoms with Gasteiger partial charge in [-0.2, -0.15) is 0 Å². The number of amides is 2. The van der Waals surface area contributed by atoms with Gasteiger partial charge in [-0.3, -0.25) is 4.98 Å². The highest BCUT2D eigenvalue weighted by molar-refractivity contribution is 5.74. The monoisotopic (exact) mass is 269 g/mol. The number of rotatable bonds is 5. The highest BCUT2D eigenvalue weighted by Crippen LogP contribution is 2.15. The summed E-state index contributed by atoms with van der Waals surface area (Å²) in [7, 11) is 0. The molecule has 4 heteroatoms. The predicted molar refractivity (Wildman–Crippen MR) is 79.1 cm³/mol. The molecule has 0 bridgehead atoms. The number of pyridine rings is 1. The minimum Gasteiger partial charge on any atom is -0.332 e. The van der Waals surface area contributed by atoms with Crippen LogP contribution in [0, 0.1) is 0 Å². The van der Waals surface area contributed by atoms with Crippen LogP contribution in [-0.4, -0.2) is 11.0 Å². The minimum absolute atomic E-state index is 0.0277. The third kappa shape index (κ3) is 4.09. The summed E-state index contributed by atoms with van der Waals surface area (Å²) < 4.78 is 0. The molecule has 1 heterocycles. The maximum absolute atomic E-state index is 11.9. The van der Waals surface area contributed by atoms with E-state index < -0.39 is 0 Å². The van der Waals surface area contributed by atoms with Crippen molar-refractivity contribution in [3.05, 3.63) is 66.0 Å². The molecule has 1 aromatic heterocycles. The van der Waals surface area contributed by atoms with Crippen molar-refractivity contribution in [2.45, 2.75) is 25.9 Å². The van der Waals surface area contributed by atoms with Gasteiger partial charge in [-0.15, -0.1) is 0 Å². The highest BCUT2D eigenvalue weighted by Gasteiger charge is 2.11. The number of carbonyl (C=O) groups is 1. The topological polar surface area (TPSA) is 54.0 Å². The smallest absolute Gasteiger partial charge is 0.315 e. The molecule has 1 atom stereocenters. The van der Waals surface area contributed by atoms with E-state index in [4.69, 9.17) is 0 Å². The summed E-state index contributed by atoms with van der Waals surface area (Å²) in [6.45, 7) is 2.48. The van der Waals surface area contributed by atoms with E-state index in [0.29, 0.717) is 6.54 Å². The molecule has 4 nitrogen and oxygen atoms in total. The Labute approximate surface area is 119 Å². The van der Waals surface area contributed by atoms with Crippen LogP contribution in [-0.2, 0) is 6.54 Å². The number of aromatic nitrogens is 1. The Balaban J connectivity index is 1.87. The first kappa shape index (κ1) is 14.1. The Kier molecular flexibility index (Phi) is 5.12. The molecule has 20 heavy (non-hydrogen) atoms. The second kappa shape index (κ2) is 7.28. The van der Waals surface area contributed by atoms with Crippen LogP contribution in [0.3, 0.4) is 0 Å². The van der Waals surface area contributed by atoms with Crippen molar-refractivity contribution in [3.63, 3.8) is 0 Å². The Morgan fingerprint density at radius 3 is 2.55 bits per heavy atom. The summed E-state index contributed by atoms with van der Waals surface area (Å²) in [4.78, 5) is 16.1. The van der Waals surface area contributed by atoms with Gasteiger partial charge >= 0.3 is 6.03 Å². The van der Waals surface area contributed by atoms with Crippen LogP contribution in [0.4, 0.5) is 4.79 Å². The first-order valence-corrected chi connectivity index (χ1v) is 6.79. The minimum atomic E-state index is -0.175. The largest absolute Gasteiger partial charge is 0.332 e. The summed E-state index contributed by atoms with van der Waals surface area (Å²) in [6, 6.07) is 15.5. The summed E-state index contributed by atoms with van der Waals surface area (Å²) in [5.41, 5.74) is 1.96. The van der Waals surface area contributed by atoms with Crippen LogP contribution in [0.2, 0.25) is 0 Å². The van der Waals surface area contributed by atoms with Gasteiger partial charge in [0.05, 0.1) is 18.3 Å².